The normalized spacial score (nSPS) is 11.6. The number of nitrogens with zero attached hydrogens (tertiary/aromatic N) is 1. The summed E-state index contributed by atoms with van der Waals surface area (Å²) in [4.78, 5) is 19.4. The summed E-state index contributed by atoms with van der Waals surface area (Å²) in [5, 5.41) is 3.79. The van der Waals surface area contributed by atoms with Gasteiger partial charge >= 0.3 is 0 Å². The SMILES string of the molecule is Cl.Cl.NC[C@H](Cc1cccc(F)c1)NC(=O)/C=C/c1c[nH]c2ncccc12. The Bertz CT molecular complexity index is 913. The van der Waals surface area contributed by atoms with Gasteiger partial charge in [0, 0.05) is 42.0 Å². The Labute approximate surface area is 169 Å². The Morgan fingerprint density at radius 2 is 2.11 bits per heavy atom. The number of fused-ring (bicyclic) bond motifs is 1. The maximum absolute atomic E-state index is 13.3. The molecule has 2 aromatic heterocycles. The smallest absolute Gasteiger partial charge is 0.244 e. The van der Waals surface area contributed by atoms with Gasteiger partial charge in [0.2, 0.25) is 5.91 Å². The van der Waals surface area contributed by atoms with Gasteiger partial charge in [-0.3, -0.25) is 4.79 Å². The van der Waals surface area contributed by atoms with Crippen LogP contribution in [0.2, 0.25) is 0 Å². The minimum absolute atomic E-state index is 0. The second-order valence-electron chi connectivity index (χ2n) is 5.75. The lowest BCUT2D eigenvalue weighted by Crippen LogP contribution is -2.40. The van der Waals surface area contributed by atoms with Crippen molar-refractivity contribution in [3.05, 3.63) is 71.8 Å². The minimum atomic E-state index is -0.299. The molecule has 1 amide bonds. The predicted octanol–water partition coefficient (Wildman–Crippen LogP) is 3.25. The van der Waals surface area contributed by atoms with Gasteiger partial charge in [-0.25, -0.2) is 9.37 Å². The van der Waals surface area contributed by atoms with E-state index in [1.165, 1.54) is 18.2 Å². The first-order valence-electron chi connectivity index (χ1n) is 8.01. The third-order valence-corrected chi connectivity index (χ3v) is 3.90. The van der Waals surface area contributed by atoms with Crippen molar-refractivity contribution >= 4 is 47.8 Å². The van der Waals surface area contributed by atoms with E-state index in [0.717, 1.165) is 22.2 Å². The largest absolute Gasteiger partial charge is 0.348 e. The van der Waals surface area contributed by atoms with Crippen molar-refractivity contribution in [2.24, 2.45) is 5.73 Å². The lowest BCUT2D eigenvalue weighted by molar-refractivity contribution is -0.117. The first-order chi connectivity index (χ1) is 12.2. The van der Waals surface area contributed by atoms with Gasteiger partial charge in [-0.2, -0.15) is 0 Å². The number of carbonyl (C=O) groups is 1. The summed E-state index contributed by atoms with van der Waals surface area (Å²) in [6.07, 6.45) is 7.17. The number of hydrogen-bond acceptors (Lipinski definition) is 3. The Hall–Kier alpha value is -2.41. The number of carbonyl (C=O) groups excluding carboxylic acids is 1. The van der Waals surface area contributed by atoms with Gasteiger partial charge in [0.1, 0.15) is 11.5 Å². The molecule has 0 saturated heterocycles. The fourth-order valence-corrected chi connectivity index (χ4v) is 2.67. The van der Waals surface area contributed by atoms with Crippen LogP contribution < -0.4 is 11.1 Å². The summed E-state index contributed by atoms with van der Waals surface area (Å²) < 4.78 is 13.3. The van der Waals surface area contributed by atoms with Crippen LogP contribution in [0.5, 0.6) is 0 Å². The summed E-state index contributed by atoms with van der Waals surface area (Å²) in [5.41, 5.74) is 8.17. The molecule has 0 spiro atoms. The highest BCUT2D eigenvalue weighted by Gasteiger charge is 2.10. The van der Waals surface area contributed by atoms with E-state index in [1.54, 1.807) is 24.5 Å². The summed E-state index contributed by atoms with van der Waals surface area (Å²) in [7, 11) is 0. The molecule has 4 N–H and O–H groups in total. The van der Waals surface area contributed by atoms with Crippen LogP contribution in [-0.2, 0) is 11.2 Å². The van der Waals surface area contributed by atoms with Crippen LogP contribution in [0.4, 0.5) is 4.39 Å². The van der Waals surface area contributed by atoms with Crippen molar-refractivity contribution < 1.29 is 9.18 Å². The fourth-order valence-electron chi connectivity index (χ4n) is 2.67. The van der Waals surface area contributed by atoms with Gasteiger partial charge in [0.15, 0.2) is 0 Å². The van der Waals surface area contributed by atoms with E-state index in [-0.39, 0.29) is 49.1 Å². The molecule has 2 heterocycles. The standard InChI is InChI=1S/C19H19FN4O.2ClH/c20-15-4-1-3-13(9-15)10-16(11-21)24-18(25)7-6-14-12-23-19-17(14)5-2-8-22-19;;/h1-9,12,16H,10-11,21H2,(H,22,23)(H,24,25);2*1H/b7-6+;;/t16-;;/m0../s1. The second-order valence-corrected chi connectivity index (χ2v) is 5.75. The quantitative estimate of drug-likeness (QED) is 0.545. The minimum Gasteiger partial charge on any atom is -0.348 e. The molecule has 0 unspecified atom stereocenters. The molecular weight excluding hydrogens is 390 g/mol. The first kappa shape index (κ1) is 22.6. The third kappa shape index (κ3) is 6.06. The van der Waals surface area contributed by atoms with Crippen LogP contribution in [0.1, 0.15) is 11.1 Å². The van der Waals surface area contributed by atoms with Crippen LogP contribution in [0.15, 0.2) is 54.9 Å². The average molecular weight is 411 g/mol. The Balaban J connectivity index is 0.00000182. The highest BCUT2D eigenvalue weighted by Crippen LogP contribution is 2.16. The first-order valence-corrected chi connectivity index (χ1v) is 8.01. The zero-order valence-electron chi connectivity index (χ0n) is 14.4. The van der Waals surface area contributed by atoms with Crippen LogP contribution in [0, 0.1) is 5.82 Å². The molecule has 1 atom stereocenters. The predicted molar refractivity (Wildman–Crippen MR) is 111 cm³/mol. The van der Waals surface area contributed by atoms with E-state index in [4.69, 9.17) is 5.73 Å². The van der Waals surface area contributed by atoms with Gasteiger partial charge < -0.3 is 16.0 Å². The van der Waals surface area contributed by atoms with Crippen LogP contribution in [0.3, 0.4) is 0 Å². The maximum atomic E-state index is 13.3. The molecule has 8 heteroatoms. The summed E-state index contributed by atoms with van der Waals surface area (Å²) >= 11 is 0. The molecule has 3 rings (SSSR count). The maximum Gasteiger partial charge on any atom is 0.244 e. The number of benzene rings is 1. The second kappa shape index (κ2) is 10.7. The van der Waals surface area contributed by atoms with Gasteiger partial charge in [-0.15, -0.1) is 24.8 Å². The van der Waals surface area contributed by atoms with Crippen LogP contribution in [0.25, 0.3) is 17.1 Å². The number of aromatic nitrogens is 2. The number of pyridine rings is 1. The molecule has 0 radical (unpaired) electrons. The topological polar surface area (TPSA) is 83.8 Å². The lowest BCUT2D eigenvalue weighted by Gasteiger charge is -2.15. The van der Waals surface area contributed by atoms with Crippen molar-refractivity contribution in [1.29, 1.82) is 0 Å². The van der Waals surface area contributed by atoms with Crippen molar-refractivity contribution in [3.63, 3.8) is 0 Å². The average Bonchev–Trinajstić information content (AvgIpc) is 3.02. The Kier molecular flexibility index (Phi) is 8.94. The zero-order valence-corrected chi connectivity index (χ0v) is 16.0. The third-order valence-electron chi connectivity index (χ3n) is 3.90. The van der Waals surface area contributed by atoms with E-state index < -0.39 is 0 Å². The number of nitrogens with one attached hydrogen (secondary N) is 2. The van der Waals surface area contributed by atoms with Crippen molar-refractivity contribution in [2.45, 2.75) is 12.5 Å². The number of amides is 1. The molecule has 0 bridgehead atoms. The summed E-state index contributed by atoms with van der Waals surface area (Å²) in [5.74, 6) is -0.544. The molecule has 27 heavy (non-hydrogen) atoms. The zero-order chi connectivity index (χ0) is 17.6. The highest BCUT2D eigenvalue weighted by molar-refractivity contribution is 5.95. The molecule has 0 aliphatic heterocycles. The molecule has 3 aromatic rings. The van der Waals surface area contributed by atoms with Crippen molar-refractivity contribution in [3.8, 4) is 0 Å². The van der Waals surface area contributed by atoms with E-state index in [1.807, 2.05) is 18.2 Å². The van der Waals surface area contributed by atoms with Crippen LogP contribution in [-0.4, -0.2) is 28.5 Å². The molecule has 0 saturated carbocycles. The van der Waals surface area contributed by atoms with Crippen molar-refractivity contribution in [1.82, 2.24) is 15.3 Å². The number of aromatic amines is 1. The number of H-pyrrole nitrogens is 1. The van der Waals surface area contributed by atoms with Gasteiger partial charge in [-0.05, 0) is 42.3 Å². The highest BCUT2D eigenvalue weighted by atomic mass is 35.5. The Morgan fingerprint density at radius 1 is 1.30 bits per heavy atom. The van der Waals surface area contributed by atoms with Crippen molar-refractivity contribution in [2.75, 3.05) is 6.54 Å². The van der Waals surface area contributed by atoms with E-state index in [0.29, 0.717) is 6.42 Å². The van der Waals surface area contributed by atoms with Gasteiger partial charge in [-0.1, -0.05) is 12.1 Å². The number of hydrogen-bond donors (Lipinski definition) is 3. The van der Waals surface area contributed by atoms with Gasteiger partial charge in [0.05, 0.1) is 0 Å². The van der Waals surface area contributed by atoms with E-state index in [9.17, 15) is 9.18 Å². The molecule has 0 aliphatic carbocycles. The molecule has 1 aromatic carbocycles. The van der Waals surface area contributed by atoms with E-state index in [2.05, 4.69) is 15.3 Å². The molecular formula is C19H21Cl2FN4O. The summed E-state index contributed by atoms with van der Waals surface area (Å²) in [6.45, 7) is 0.271. The number of halogens is 3. The molecule has 5 nitrogen and oxygen atoms in total. The van der Waals surface area contributed by atoms with E-state index >= 15 is 0 Å². The summed E-state index contributed by atoms with van der Waals surface area (Å²) in [6, 6.07) is 9.81. The number of rotatable bonds is 6. The number of nitrogens with two attached hydrogens (primary N) is 1. The van der Waals surface area contributed by atoms with Gasteiger partial charge in [0.25, 0.3) is 0 Å². The fraction of sp³-hybridized carbons (Fsp3) is 0.158. The molecule has 0 aliphatic rings. The van der Waals surface area contributed by atoms with Crippen LogP contribution >= 0.6 is 24.8 Å². The monoisotopic (exact) mass is 410 g/mol. The lowest BCUT2D eigenvalue weighted by atomic mass is 10.1. The Morgan fingerprint density at radius 3 is 2.85 bits per heavy atom. The molecule has 0 fully saturated rings. The molecule has 144 valence electrons.